The number of Topliss-reactive ketones (excluding diaryl/α,β-unsaturated/α-hetero) is 1. The highest BCUT2D eigenvalue weighted by molar-refractivity contribution is 7.09. The molecule has 4 atom stereocenters. The Morgan fingerprint density at radius 1 is 1.08 bits per heavy atom. The highest BCUT2D eigenvalue weighted by Gasteiger charge is 2.56. The third-order valence-corrected chi connectivity index (χ3v) is 8.96. The van der Waals surface area contributed by atoms with Crippen molar-refractivity contribution in [1.29, 1.82) is 0 Å². The molecule has 188 valence electrons. The number of rotatable bonds is 4. The number of allylic oxidation sites excluding steroid dienone is 6. The molecule has 1 fully saturated rings. The van der Waals surface area contributed by atoms with Crippen molar-refractivity contribution in [3.05, 3.63) is 80.6 Å². The molecule has 3 aliphatic carbocycles. The van der Waals surface area contributed by atoms with Crippen LogP contribution in [0.2, 0.25) is 0 Å². The minimum absolute atomic E-state index is 0.0551. The topological polar surface area (TPSA) is 101 Å². The minimum Gasteiger partial charge on any atom is -0.507 e. The lowest BCUT2D eigenvalue weighted by atomic mass is 9.59. The Morgan fingerprint density at radius 2 is 1.89 bits per heavy atom. The number of hydrogen-bond acceptors (Lipinski definition) is 7. The Morgan fingerprint density at radius 3 is 2.62 bits per heavy atom. The molecule has 7 nitrogen and oxygen atoms in total. The second kappa shape index (κ2) is 8.66. The molecular weight excluding hydrogens is 490 g/mol. The average molecular weight is 516 g/mol. The predicted octanol–water partition coefficient (Wildman–Crippen LogP) is 4.09. The summed E-state index contributed by atoms with van der Waals surface area (Å²) in [5.74, 6) is -2.96. The van der Waals surface area contributed by atoms with Gasteiger partial charge < -0.3 is 9.84 Å². The van der Waals surface area contributed by atoms with E-state index >= 15 is 0 Å². The standard InChI is InChI=1S/C29H25NO6S/c1-14-11-21(32)19-12-18-16(24(25(19)27(14)33)26-20(31)6-3-7-22(26)36-2)8-9-17-23(18)29(35)30(28(17)34)13-15-5-4-10-37-15/h3-8,10-11,17-18,23-24,31H,9,12-13H2,1-2H3/t17-,18+,23-,24-/m0/s1. The van der Waals surface area contributed by atoms with Crippen LogP contribution in [0.15, 0.2) is 70.2 Å². The number of hydrogen-bond donors (Lipinski definition) is 1. The van der Waals surface area contributed by atoms with Crippen molar-refractivity contribution in [3.8, 4) is 11.5 Å². The van der Waals surface area contributed by atoms with Crippen LogP contribution in [0.5, 0.6) is 11.5 Å². The maximum atomic E-state index is 13.8. The van der Waals surface area contributed by atoms with Crippen molar-refractivity contribution in [3.63, 3.8) is 0 Å². The van der Waals surface area contributed by atoms with Crippen LogP contribution >= 0.6 is 11.3 Å². The lowest BCUT2D eigenvalue weighted by Gasteiger charge is -2.42. The third-order valence-electron chi connectivity index (χ3n) is 8.10. The number of fused-ring (bicyclic) bond motifs is 3. The fourth-order valence-electron chi connectivity index (χ4n) is 6.47. The van der Waals surface area contributed by atoms with Gasteiger partial charge in [0.05, 0.1) is 25.5 Å². The van der Waals surface area contributed by atoms with Gasteiger partial charge in [-0.05, 0) is 55.3 Å². The van der Waals surface area contributed by atoms with Crippen LogP contribution in [0.3, 0.4) is 0 Å². The number of methoxy groups -OCH3 is 1. The number of ether oxygens (including phenoxy) is 1. The Labute approximate surface area is 217 Å². The van der Waals surface area contributed by atoms with Gasteiger partial charge in [0.15, 0.2) is 11.6 Å². The first-order valence-corrected chi connectivity index (χ1v) is 13.1. The average Bonchev–Trinajstić information content (AvgIpc) is 3.49. The summed E-state index contributed by atoms with van der Waals surface area (Å²) in [6, 6.07) is 8.67. The second-order valence-electron chi connectivity index (χ2n) is 9.96. The zero-order valence-corrected chi connectivity index (χ0v) is 21.2. The fourth-order valence-corrected chi connectivity index (χ4v) is 7.17. The molecule has 2 aromatic rings. The van der Waals surface area contributed by atoms with Crippen molar-refractivity contribution < 1.29 is 29.0 Å². The zero-order valence-electron chi connectivity index (χ0n) is 20.4. The van der Waals surface area contributed by atoms with Crippen molar-refractivity contribution >= 4 is 34.7 Å². The number of aromatic hydroxyl groups is 1. The number of amides is 2. The van der Waals surface area contributed by atoms with Crippen LogP contribution < -0.4 is 4.74 Å². The van der Waals surface area contributed by atoms with E-state index in [1.807, 2.05) is 23.6 Å². The van der Waals surface area contributed by atoms with E-state index in [2.05, 4.69) is 0 Å². The first-order valence-electron chi connectivity index (χ1n) is 12.3. The largest absolute Gasteiger partial charge is 0.507 e. The van der Waals surface area contributed by atoms with Gasteiger partial charge in [-0.2, -0.15) is 0 Å². The summed E-state index contributed by atoms with van der Waals surface area (Å²) in [6.45, 7) is 1.84. The summed E-state index contributed by atoms with van der Waals surface area (Å²) in [5.41, 5.74) is 2.21. The monoisotopic (exact) mass is 515 g/mol. The van der Waals surface area contributed by atoms with Gasteiger partial charge in [-0.25, -0.2) is 0 Å². The van der Waals surface area contributed by atoms with Gasteiger partial charge in [-0.1, -0.05) is 23.8 Å². The quantitative estimate of drug-likeness (QED) is 0.374. The van der Waals surface area contributed by atoms with Crippen LogP contribution in [-0.2, 0) is 25.7 Å². The number of likely N-dealkylation sites (tertiary alicyclic amines) is 1. The van der Waals surface area contributed by atoms with Crippen LogP contribution in [0.1, 0.15) is 36.1 Å². The second-order valence-corrected chi connectivity index (χ2v) is 11.0. The van der Waals surface area contributed by atoms with Gasteiger partial charge in [0, 0.05) is 33.1 Å². The lowest BCUT2D eigenvalue weighted by Crippen LogP contribution is -2.39. The number of ketones is 2. The van der Waals surface area contributed by atoms with E-state index in [4.69, 9.17) is 4.74 Å². The molecule has 1 N–H and O–H groups in total. The van der Waals surface area contributed by atoms with Crippen molar-refractivity contribution in [2.75, 3.05) is 7.11 Å². The van der Waals surface area contributed by atoms with E-state index in [0.717, 1.165) is 10.5 Å². The SMILES string of the molecule is COc1cccc(O)c1[C@H]1C2=CC[C@@H]3C(=O)N(Cc4cccs4)C(=O)[C@@H]3[C@@H]2CC2=C1C(=O)C(C)=CC2=O. The molecule has 1 aromatic heterocycles. The molecule has 0 bridgehead atoms. The Hall–Kier alpha value is -3.78. The number of phenolic OH excluding ortho intramolecular Hbond substituents is 1. The molecule has 0 radical (unpaired) electrons. The highest BCUT2D eigenvalue weighted by Crippen LogP contribution is 2.57. The molecule has 6 rings (SSSR count). The van der Waals surface area contributed by atoms with Crippen molar-refractivity contribution in [2.45, 2.75) is 32.2 Å². The van der Waals surface area contributed by atoms with Gasteiger partial charge in [-0.3, -0.25) is 24.1 Å². The summed E-state index contributed by atoms with van der Waals surface area (Å²) in [7, 11) is 1.49. The molecule has 8 heteroatoms. The molecular formula is C29H25NO6S. The molecule has 1 aromatic carbocycles. The van der Waals surface area contributed by atoms with Crippen LogP contribution in [0, 0.1) is 17.8 Å². The van der Waals surface area contributed by atoms with E-state index < -0.39 is 23.7 Å². The van der Waals surface area contributed by atoms with E-state index in [0.29, 0.717) is 34.5 Å². The van der Waals surface area contributed by atoms with E-state index in [9.17, 15) is 24.3 Å². The Bertz CT molecular complexity index is 1460. The van der Waals surface area contributed by atoms with Gasteiger partial charge >= 0.3 is 0 Å². The van der Waals surface area contributed by atoms with E-state index in [1.165, 1.54) is 35.5 Å². The van der Waals surface area contributed by atoms with Gasteiger partial charge in [0.1, 0.15) is 11.5 Å². The summed E-state index contributed by atoms with van der Waals surface area (Å²) in [6.07, 6.45) is 3.85. The maximum Gasteiger partial charge on any atom is 0.234 e. The van der Waals surface area contributed by atoms with Crippen molar-refractivity contribution in [2.24, 2.45) is 17.8 Å². The third kappa shape index (κ3) is 3.46. The Kier molecular flexibility index (Phi) is 5.53. The Balaban J connectivity index is 1.50. The molecule has 1 saturated heterocycles. The predicted molar refractivity (Wildman–Crippen MR) is 136 cm³/mol. The van der Waals surface area contributed by atoms with Crippen LogP contribution in [0.4, 0.5) is 0 Å². The molecule has 0 saturated carbocycles. The van der Waals surface area contributed by atoms with Gasteiger partial charge in [-0.15, -0.1) is 11.3 Å². The minimum atomic E-state index is -0.750. The number of thiophene rings is 1. The maximum absolute atomic E-state index is 13.8. The van der Waals surface area contributed by atoms with E-state index in [1.54, 1.807) is 19.1 Å². The first-order chi connectivity index (χ1) is 17.8. The van der Waals surface area contributed by atoms with Crippen LogP contribution in [0.25, 0.3) is 0 Å². The fraction of sp³-hybridized carbons (Fsp3) is 0.310. The molecule has 1 aliphatic heterocycles. The normalized spacial score (nSPS) is 27.0. The number of phenols is 1. The molecule has 0 spiro atoms. The summed E-state index contributed by atoms with van der Waals surface area (Å²) < 4.78 is 5.58. The molecule has 2 amide bonds. The number of nitrogens with zero attached hydrogens (tertiary/aromatic N) is 1. The van der Waals surface area contributed by atoms with E-state index in [-0.39, 0.29) is 42.1 Å². The lowest BCUT2D eigenvalue weighted by molar-refractivity contribution is -0.140. The first kappa shape index (κ1) is 23.6. The smallest absolute Gasteiger partial charge is 0.234 e. The number of carbonyl (C=O) groups excluding carboxylic acids is 4. The van der Waals surface area contributed by atoms with Gasteiger partial charge in [0.25, 0.3) is 0 Å². The zero-order chi connectivity index (χ0) is 26.0. The number of imide groups is 1. The van der Waals surface area contributed by atoms with Crippen LogP contribution in [-0.4, -0.2) is 40.5 Å². The molecule has 0 unspecified atom stereocenters. The number of benzene rings is 1. The summed E-state index contributed by atoms with van der Waals surface area (Å²) in [4.78, 5) is 56.1. The molecule has 4 aliphatic rings. The van der Waals surface area contributed by atoms with Gasteiger partial charge in [0.2, 0.25) is 11.8 Å². The summed E-state index contributed by atoms with van der Waals surface area (Å²) in [5, 5.41) is 12.9. The summed E-state index contributed by atoms with van der Waals surface area (Å²) >= 11 is 1.49. The highest BCUT2D eigenvalue weighted by atomic mass is 32.1. The number of carbonyl (C=O) groups is 4. The molecule has 2 heterocycles. The van der Waals surface area contributed by atoms with Crippen molar-refractivity contribution in [1.82, 2.24) is 4.90 Å². The molecule has 37 heavy (non-hydrogen) atoms.